The minimum atomic E-state index is -0.185. The Morgan fingerprint density at radius 1 is 1.17 bits per heavy atom. The minimum absolute atomic E-state index is 0.108. The van der Waals surface area contributed by atoms with Gasteiger partial charge in [-0.2, -0.15) is 0 Å². The van der Waals surface area contributed by atoms with E-state index < -0.39 is 0 Å². The van der Waals surface area contributed by atoms with Crippen molar-refractivity contribution in [3.8, 4) is 5.75 Å². The SMILES string of the molecule is Cc1cc(O)ccc1N1C(=O)C2C(C1=O)C2(C)C. The van der Waals surface area contributed by atoms with Crippen molar-refractivity contribution in [1.82, 2.24) is 0 Å². The van der Waals surface area contributed by atoms with Crippen LogP contribution >= 0.6 is 0 Å². The summed E-state index contributed by atoms with van der Waals surface area (Å²) in [6.45, 7) is 5.70. The molecule has 2 amide bonds. The number of carbonyl (C=O) groups is 2. The van der Waals surface area contributed by atoms with Crippen LogP contribution in [-0.2, 0) is 9.59 Å². The molecule has 4 nitrogen and oxygen atoms in total. The molecule has 94 valence electrons. The molecule has 4 heteroatoms. The standard InChI is InChI=1S/C14H15NO3/c1-7-6-8(16)4-5-9(7)15-12(17)10-11(13(15)18)14(10,2)3/h4-6,10-11,16H,1-3H3. The lowest BCUT2D eigenvalue weighted by molar-refractivity contribution is -0.125. The maximum absolute atomic E-state index is 12.3. The van der Waals surface area contributed by atoms with Gasteiger partial charge in [-0.05, 0) is 36.1 Å². The van der Waals surface area contributed by atoms with Crippen molar-refractivity contribution in [2.75, 3.05) is 4.90 Å². The molecule has 1 aliphatic heterocycles. The molecule has 1 N–H and O–H groups in total. The van der Waals surface area contributed by atoms with Gasteiger partial charge in [0.15, 0.2) is 0 Å². The van der Waals surface area contributed by atoms with Crippen molar-refractivity contribution in [1.29, 1.82) is 0 Å². The molecule has 18 heavy (non-hydrogen) atoms. The first-order valence-electron chi connectivity index (χ1n) is 6.03. The van der Waals surface area contributed by atoms with E-state index in [2.05, 4.69) is 0 Å². The number of rotatable bonds is 1. The molecule has 0 spiro atoms. The lowest BCUT2D eigenvalue weighted by atomic mass is 10.0. The second-order valence-electron chi connectivity index (χ2n) is 5.76. The lowest BCUT2D eigenvalue weighted by Crippen LogP contribution is -2.36. The van der Waals surface area contributed by atoms with Crippen LogP contribution in [0.15, 0.2) is 18.2 Å². The van der Waals surface area contributed by atoms with Crippen molar-refractivity contribution in [2.45, 2.75) is 20.8 Å². The Morgan fingerprint density at radius 3 is 2.22 bits per heavy atom. The Kier molecular flexibility index (Phi) is 1.96. The van der Waals surface area contributed by atoms with Gasteiger partial charge in [-0.3, -0.25) is 9.59 Å². The van der Waals surface area contributed by atoms with E-state index >= 15 is 0 Å². The van der Waals surface area contributed by atoms with Crippen molar-refractivity contribution < 1.29 is 14.7 Å². The van der Waals surface area contributed by atoms with Gasteiger partial charge in [-0.15, -0.1) is 0 Å². The number of imide groups is 1. The van der Waals surface area contributed by atoms with Crippen LogP contribution in [0.5, 0.6) is 5.75 Å². The molecule has 1 heterocycles. The molecule has 1 saturated carbocycles. The molecule has 1 aromatic rings. The molecule has 3 rings (SSSR count). The molecule has 2 fully saturated rings. The number of hydrogen-bond donors (Lipinski definition) is 1. The molecule has 1 aromatic carbocycles. The molecule has 2 aliphatic rings. The Bertz CT molecular complexity index is 552. The van der Waals surface area contributed by atoms with Crippen molar-refractivity contribution in [3.05, 3.63) is 23.8 Å². The van der Waals surface area contributed by atoms with Gasteiger partial charge in [0.05, 0.1) is 17.5 Å². The zero-order valence-electron chi connectivity index (χ0n) is 10.6. The quantitative estimate of drug-likeness (QED) is 0.768. The summed E-state index contributed by atoms with van der Waals surface area (Å²) in [5, 5.41) is 9.37. The lowest BCUT2D eigenvalue weighted by Gasteiger charge is -2.22. The third-order valence-electron chi connectivity index (χ3n) is 4.22. The van der Waals surface area contributed by atoms with Crippen LogP contribution in [0.4, 0.5) is 5.69 Å². The van der Waals surface area contributed by atoms with Crippen LogP contribution in [0.3, 0.4) is 0 Å². The third-order valence-corrected chi connectivity index (χ3v) is 4.22. The predicted octanol–water partition coefficient (Wildman–Crippen LogP) is 1.85. The summed E-state index contributed by atoms with van der Waals surface area (Å²) in [6, 6.07) is 4.68. The number of anilines is 1. The number of aryl methyl sites for hydroxylation is 1. The van der Waals surface area contributed by atoms with Gasteiger partial charge in [0.2, 0.25) is 11.8 Å². The third kappa shape index (κ3) is 1.20. The molecular weight excluding hydrogens is 230 g/mol. The summed E-state index contributed by atoms with van der Waals surface area (Å²) < 4.78 is 0. The molecule has 0 bridgehead atoms. The molecule has 2 unspecified atom stereocenters. The molecule has 1 aliphatic carbocycles. The van der Waals surface area contributed by atoms with E-state index in [0.717, 1.165) is 5.56 Å². The number of carbonyl (C=O) groups excluding carboxylic acids is 2. The van der Waals surface area contributed by atoms with Crippen molar-refractivity contribution in [2.24, 2.45) is 17.3 Å². The monoisotopic (exact) mass is 245 g/mol. The van der Waals surface area contributed by atoms with Crippen LogP contribution in [0.1, 0.15) is 19.4 Å². The highest BCUT2D eigenvalue weighted by Crippen LogP contribution is 2.63. The minimum Gasteiger partial charge on any atom is -0.508 e. The van der Waals surface area contributed by atoms with Gasteiger partial charge >= 0.3 is 0 Å². The highest BCUT2D eigenvalue weighted by Gasteiger charge is 2.72. The zero-order chi connectivity index (χ0) is 13.2. The molecule has 2 atom stereocenters. The maximum Gasteiger partial charge on any atom is 0.238 e. The average Bonchev–Trinajstić information content (AvgIpc) is 2.72. The molecule has 1 saturated heterocycles. The molecular formula is C14H15NO3. The number of hydrogen-bond acceptors (Lipinski definition) is 3. The van der Waals surface area contributed by atoms with Gasteiger partial charge in [-0.25, -0.2) is 4.90 Å². The number of benzene rings is 1. The molecule has 0 radical (unpaired) electrons. The fourth-order valence-corrected chi connectivity index (χ4v) is 3.07. The number of aromatic hydroxyl groups is 1. The van der Waals surface area contributed by atoms with Gasteiger partial charge < -0.3 is 5.11 Å². The first-order valence-corrected chi connectivity index (χ1v) is 6.03. The molecule has 0 aromatic heterocycles. The van der Waals surface area contributed by atoms with E-state index in [1.165, 1.54) is 11.0 Å². The Morgan fingerprint density at radius 2 is 1.72 bits per heavy atom. The second kappa shape index (κ2) is 3.13. The second-order valence-corrected chi connectivity index (χ2v) is 5.76. The van der Waals surface area contributed by atoms with Crippen molar-refractivity contribution >= 4 is 17.5 Å². The van der Waals surface area contributed by atoms with E-state index in [4.69, 9.17) is 0 Å². The highest BCUT2D eigenvalue weighted by atomic mass is 16.3. The number of piperidine rings is 1. The van der Waals surface area contributed by atoms with E-state index in [0.29, 0.717) is 5.69 Å². The average molecular weight is 245 g/mol. The summed E-state index contributed by atoms with van der Waals surface area (Å²) in [5.74, 6) is -0.412. The Balaban J connectivity index is 2.01. The topological polar surface area (TPSA) is 57.6 Å². The van der Waals surface area contributed by atoms with Gasteiger partial charge in [0.25, 0.3) is 0 Å². The summed E-state index contributed by atoms with van der Waals surface area (Å²) in [5.41, 5.74) is 1.14. The van der Waals surface area contributed by atoms with E-state index in [1.807, 2.05) is 13.8 Å². The van der Waals surface area contributed by atoms with Crippen LogP contribution < -0.4 is 4.90 Å². The number of nitrogens with zero attached hydrogens (tertiary/aromatic N) is 1. The number of amides is 2. The fourth-order valence-electron chi connectivity index (χ4n) is 3.07. The van der Waals surface area contributed by atoms with Gasteiger partial charge in [0, 0.05) is 0 Å². The van der Waals surface area contributed by atoms with Crippen LogP contribution in [0, 0.1) is 24.2 Å². The van der Waals surface area contributed by atoms with Gasteiger partial charge in [-0.1, -0.05) is 13.8 Å². The van der Waals surface area contributed by atoms with Crippen LogP contribution in [-0.4, -0.2) is 16.9 Å². The summed E-state index contributed by atoms with van der Waals surface area (Å²) in [7, 11) is 0. The zero-order valence-corrected chi connectivity index (χ0v) is 10.6. The van der Waals surface area contributed by atoms with E-state index in [-0.39, 0.29) is 34.8 Å². The van der Waals surface area contributed by atoms with E-state index in [1.54, 1.807) is 19.1 Å². The normalized spacial score (nSPS) is 28.5. The Hall–Kier alpha value is -1.84. The van der Waals surface area contributed by atoms with Crippen LogP contribution in [0.25, 0.3) is 0 Å². The first kappa shape index (κ1) is 11.3. The summed E-state index contributed by atoms with van der Waals surface area (Å²) >= 11 is 0. The maximum atomic E-state index is 12.3. The Labute approximate surface area is 105 Å². The smallest absolute Gasteiger partial charge is 0.238 e. The number of phenolic OH excluding ortho intramolecular Hbond substituents is 1. The number of fused-ring (bicyclic) bond motifs is 1. The largest absolute Gasteiger partial charge is 0.508 e. The van der Waals surface area contributed by atoms with Crippen LogP contribution in [0.2, 0.25) is 0 Å². The summed E-state index contributed by atoms with van der Waals surface area (Å²) in [6.07, 6.45) is 0. The first-order chi connectivity index (χ1) is 8.35. The van der Waals surface area contributed by atoms with Gasteiger partial charge in [0.1, 0.15) is 5.75 Å². The number of phenols is 1. The van der Waals surface area contributed by atoms with E-state index in [9.17, 15) is 14.7 Å². The highest BCUT2D eigenvalue weighted by molar-refractivity contribution is 6.26. The van der Waals surface area contributed by atoms with Crippen molar-refractivity contribution in [3.63, 3.8) is 0 Å². The predicted molar refractivity (Wildman–Crippen MR) is 66.1 cm³/mol. The fraction of sp³-hybridized carbons (Fsp3) is 0.429. The summed E-state index contributed by atoms with van der Waals surface area (Å²) in [4.78, 5) is 25.8.